The fraction of sp³-hybridized carbons (Fsp3) is 0.909. The molecule has 1 fully saturated rings. The molecule has 0 amide bonds. The molecule has 1 aliphatic rings. The first-order valence-corrected chi connectivity index (χ1v) is 5.24. The van der Waals surface area contributed by atoms with Crippen LogP contribution in [-0.2, 0) is 0 Å². The van der Waals surface area contributed by atoms with Gasteiger partial charge in [-0.3, -0.25) is 0 Å². The molecule has 0 unspecified atom stereocenters. The van der Waals surface area contributed by atoms with Crippen molar-refractivity contribution in [2.75, 3.05) is 0 Å². The lowest BCUT2D eigenvalue weighted by Gasteiger charge is -2.23. The van der Waals surface area contributed by atoms with Gasteiger partial charge < -0.3 is 0 Å². The standard InChI is InChI=1S/C11H19N/c1-2-7-11(10-12)8-5-3-4-6-9-11/h2-9H2,1H3. The van der Waals surface area contributed by atoms with Gasteiger partial charge in [0.05, 0.1) is 11.5 Å². The molecule has 1 heteroatoms. The van der Waals surface area contributed by atoms with Crippen molar-refractivity contribution in [2.24, 2.45) is 5.41 Å². The average Bonchev–Trinajstić information content (AvgIpc) is 2.32. The molecule has 0 aromatic rings. The maximum Gasteiger partial charge on any atom is 0.0689 e. The minimum atomic E-state index is 0.0608. The highest BCUT2D eigenvalue weighted by molar-refractivity contribution is 4.99. The summed E-state index contributed by atoms with van der Waals surface area (Å²) in [7, 11) is 0. The number of hydrogen-bond donors (Lipinski definition) is 0. The fourth-order valence-corrected chi connectivity index (χ4v) is 2.30. The van der Waals surface area contributed by atoms with Crippen LogP contribution in [-0.4, -0.2) is 0 Å². The van der Waals surface area contributed by atoms with Crippen LogP contribution in [0.15, 0.2) is 0 Å². The first-order valence-electron chi connectivity index (χ1n) is 5.24. The van der Waals surface area contributed by atoms with Crippen molar-refractivity contribution in [3.8, 4) is 6.07 Å². The summed E-state index contributed by atoms with van der Waals surface area (Å²) in [6.45, 7) is 2.18. The van der Waals surface area contributed by atoms with Crippen LogP contribution in [0, 0.1) is 16.7 Å². The van der Waals surface area contributed by atoms with E-state index in [1.165, 1.54) is 25.7 Å². The molecule has 0 heterocycles. The third-order valence-electron chi connectivity index (χ3n) is 3.03. The van der Waals surface area contributed by atoms with Gasteiger partial charge in [-0.15, -0.1) is 0 Å². The predicted octanol–water partition coefficient (Wildman–Crippen LogP) is 3.65. The highest BCUT2D eigenvalue weighted by Crippen LogP contribution is 2.38. The smallest absolute Gasteiger partial charge is 0.0689 e. The van der Waals surface area contributed by atoms with Crippen LogP contribution in [0.3, 0.4) is 0 Å². The summed E-state index contributed by atoms with van der Waals surface area (Å²) in [6, 6.07) is 2.56. The summed E-state index contributed by atoms with van der Waals surface area (Å²) >= 11 is 0. The molecule has 0 aromatic heterocycles. The molecule has 0 bridgehead atoms. The summed E-state index contributed by atoms with van der Waals surface area (Å²) in [4.78, 5) is 0. The molecule has 0 spiro atoms. The number of hydrogen-bond acceptors (Lipinski definition) is 1. The number of rotatable bonds is 2. The van der Waals surface area contributed by atoms with Crippen molar-refractivity contribution in [1.82, 2.24) is 0 Å². The van der Waals surface area contributed by atoms with Crippen LogP contribution in [0.2, 0.25) is 0 Å². The van der Waals surface area contributed by atoms with Crippen LogP contribution in [0.5, 0.6) is 0 Å². The highest BCUT2D eigenvalue weighted by Gasteiger charge is 2.29. The Labute approximate surface area is 75.8 Å². The van der Waals surface area contributed by atoms with Gasteiger partial charge in [0.1, 0.15) is 0 Å². The van der Waals surface area contributed by atoms with E-state index in [2.05, 4.69) is 13.0 Å². The Balaban J connectivity index is 2.56. The molecule has 68 valence electrons. The second-order valence-electron chi connectivity index (χ2n) is 4.06. The third-order valence-corrected chi connectivity index (χ3v) is 3.03. The lowest BCUT2D eigenvalue weighted by Crippen LogP contribution is -2.16. The molecule has 1 saturated carbocycles. The van der Waals surface area contributed by atoms with Crippen molar-refractivity contribution in [2.45, 2.75) is 58.3 Å². The summed E-state index contributed by atoms with van der Waals surface area (Å²) < 4.78 is 0. The topological polar surface area (TPSA) is 23.8 Å². The minimum Gasteiger partial charge on any atom is -0.198 e. The molecule has 1 nitrogen and oxygen atoms in total. The van der Waals surface area contributed by atoms with E-state index < -0.39 is 0 Å². The van der Waals surface area contributed by atoms with Gasteiger partial charge in [-0.05, 0) is 19.3 Å². The van der Waals surface area contributed by atoms with Gasteiger partial charge >= 0.3 is 0 Å². The van der Waals surface area contributed by atoms with Crippen molar-refractivity contribution in [1.29, 1.82) is 5.26 Å². The zero-order valence-corrected chi connectivity index (χ0v) is 8.10. The monoisotopic (exact) mass is 165 g/mol. The van der Waals surface area contributed by atoms with Crippen LogP contribution in [0.1, 0.15) is 58.3 Å². The molecule has 0 N–H and O–H groups in total. The number of nitrogens with zero attached hydrogens (tertiary/aromatic N) is 1. The fourth-order valence-electron chi connectivity index (χ4n) is 2.30. The third kappa shape index (κ3) is 2.24. The second kappa shape index (κ2) is 4.50. The zero-order chi connectivity index (χ0) is 8.86. The molecule has 0 aromatic carbocycles. The largest absolute Gasteiger partial charge is 0.198 e. The first-order chi connectivity index (χ1) is 5.83. The lowest BCUT2D eigenvalue weighted by atomic mass is 9.78. The zero-order valence-electron chi connectivity index (χ0n) is 8.10. The van der Waals surface area contributed by atoms with Gasteiger partial charge in [-0.1, -0.05) is 39.0 Å². The van der Waals surface area contributed by atoms with Crippen LogP contribution in [0.25, 0.3) is 0 Å². The Morgan fingerprint density at radius 2 is 1.75 bits per heavy atom. The Morgan fingerprint density at radius 3 is 2.17 bits per heavy atom. The SMILES string of the molecule is CCCC1(C#N)CCCCCC1. The van der Waals surface area contributed by atoms with E-state index in [1.807, 2.05) is 0 Å². The van der Waals surface area contributed by atoms with E-state index in [0.717, 1.165) is 25.7 Å². The molecule has 0 aliphatic heterocycles. The van der Waals surface area contributed by atoms with E-state index in [9.17, 15) is 0 Å². The van der Waals surface area contributed by atoms with Crippen molar-refractivity contribution in [3.05, 3.63) is 0 Å². The van der Waals surface area contributed by atoms with Crippen LogP contribution >= 0.6 is 0 Å². The molecule has 0 saturated heterocycles. The predicted molar refractivity (Wildman–Crippen MR) is 50.7 cm³/mol. The Hall–Kier alpha value is -0.510. The van der Waals surface area contributed by atoms with Gasteiger partial charge in [0.25, 0.3) is 0 Å². The van der Waals surface area contributed by atoms with E-state index in [0.29, 0.717) is 0 Å². The maximum atomic E-state index is 9.15. The molecular formula is C11H19N. The summed E-state index contributed by atoms with van der Waals surface area (Å²) in [5, 5.41) is 9.15. The van der Waals surface area contributed by atoms with Gasteiger partial charge in [-0.25, -0.2) is 0 Å². The maximum absolute atomic E-state index is 9.15. The van der Waals surface area contributed by atoms with Crippen molar-refractivity contribution in [3.63, 3.8) is 0 Å². The van der Waals surface area contributed by atoms with Crippen molar-refractivity contribution >= 4 is 0 Å². The van der Waals surface area contributed by atoms with E-state index in [1.54, 1.807) is 0 Å². The van der Waals surface area contributed by atoms with E-state index in [4.69, 9.17) is 5.26 Å². The second-order valence-corrected chi connectivity index (χ2v) is 4.06. The molecule has 1 aliphatic carbocycles. The number of nitriles is 1. The van der Waals surface area contributed by atoms with Crippen LogP contribution < -0.4 is 0 Å². The molecule has 1 rings (SSSR count). The van der Waals surface area contributed by atoms with Gasteiger partial charge in [0.15, 0.2) is 0 Å². The normalized spacial score (nSPS) is 22.7. The quantitative estimate of drug-likeness (QED) is 0.573. The highest BCUT2D eigenvalue weighted by atomic mass is 14.4. The van der Waals surface area contributed by atoms with Gasteiger partial charge in [0.2, 0.25) is 0 Å². The van der Waals surface area contributed by atoms with Crippen LogP contribution in [0.4, 0.5) is 0 Å². The van der Waals surface area contributed by atoms with Gasteiger partial charge in [0, 0.05) is 0 Å². The molecule has 0 atom stereocenters. The van der Waals surface area contributed by atoms with Gasteiger partial charge in [-0.2, -0.15) is 5.26 Å². The minimum absolute atomic E-state index is 0.0608. The summed E-state index contributed by atoms with van der Waals surface area (Å²) in [6.07, 6.45) is 9.80. The Kier molecular flexibility index (Phi) is 3.59. The van der Waals surface area contributed by atoms with Crippen molar-refractivity contribution < 1.29 is 0 Å². The first kappa shape index (κ1) is 9.58. The summed E-state index contributed by atoms with van der Waals surface area (Å²) in [5.41, 5.74) is 0.0608. The summed E-state index contributed by atoms with van der Waals surface area (Å²) in [5.74, 6) is 0. The average molecular weight is 165 g/mol. The molecular weight excluding hydrogens is 146 g/mol. The Bertz CT molecular complexity index is 158. The lowest BCUT2D eigenvalue weighted by molar-refractivity contribution is 0.312. The van der Waals surface area contributed by atoms with E-state index >= 15 is 0 Å². The van der Waals surface area contributed by atoms with E-state index in [-0.39, 0.29) is 5.41 Å². The molecule has 0 radical (unpaired) electrons. The Morgan fingerprint density at radius 1 is 1.17 bits per heavy atom. The molecule has 12 heavy (non-hydrogen) atoms.